The van der Waals surface area contributed by atoms with Gasteiger partial charge in [-0.1, -0.05) is 105 Å². The zero-order valence-corrected chi connectivity index (χ0v) is 33.2. The van der Waals surface area contributed by atoms with Gasteiger partial charge >= 0.3 is 0 Å². The quantitative estimate of drug-likeness (QED) is 0.178. The van der Waals surface area contributed by atoms with Crippen molar-refractivity contribution in [2.24, 2.45) is 0 Å². The van der Waals surface area contributed by atoms with Crippen molar-refractivity contribution in [2.45, 2.75) is 19.3 Å². The molecule has 0 unspecified atom stereocenters. The van der Waals surface area contributed by atoms with Crippen LogP contribution in [0.5, 0.6) is 11.5 Å². The van der Waals surface area contributed by atoms with Gasteiger partial charge in [0.05, 0.1) is 21.9 Å². The van der Waals surface area contributed by atoms with Crippen molar-refractivity contribution in [1.82, 2.24) is 9.55 Å². The van der Waals surface area contributed by atoms with Crippen LogP contribution in [-0.4, -0.2) is 9.55 Å². The summed E-state index contributed by atoms with van der Waals surface area (Å²) in [6.45, 7) is 4.71. The fourth-order valence-corrected chi connectivity index (χ4v) is 11.2. The number of rotatable bonds is 4. The molecule has 4 heterocycles. The average Bonchev–Trinajstić information content (AvgIpc) is 3.89. The molecule has 4 nitrogen and oxygen atoms in total. The van der Waals surface area contributed by atoms with Crippen LogP contribution < -0.4 is 9.64 Å². The van der Waals surface area contributed by atoms with E-state index in [2.05, 4.69) is 187 Å². The highest BCUT2D eigenvalue weighted by Crippen LogP contribution is 2.53. The number of anilines is 3. The SMILES string of the molecule is CC1(C)c2ccccc2-c2ccc(N(c3ccccc3)c3ccc4c5cc6nccc7c6c(c5n(-c5ccc6sc8ccccc8c6c5)c4c3)-c3ccccc3O7)cc21. The third-order valence-electron chi connectivity index (χ3n) is 12.8. The Kier molecular flexibility index (Phi) is 6.63. The number of hydrogen-bond acceptors (Lipinski definition) is 4. The Morgan fingerprint density at radius 1 is 0.542 bits per heavy atom. The van der Waals surface area contributed by atoms with E-state index in [1.807, 2.05) is 23.6 Å². The summed E-state index contributed by atoms with van der Waals surface area (Å²) in [5.74, 6) is 1.69. The molecule has 0 amide bonds. The Morgan fingerprint density at radius 2 is 1.29 bits per heavy atom. The molecule has 0 N–H and O–H groups in total. The van der Waals surface area contributed by atoms with Crippen molar-refractivity contribution in [3.05, 3.63) is 187 Å². The number of ether oxygens (including phenoxy) is 1. The molecule has 278 valence electrons. The topological polar surface area (TPSA) is 30.3 Å². The maximum Gasteiger partial charge on any atom is 0.139 e. The van der Waals surface area contributed by atoms with E-state index >= 15 is 0 Å². The van der Waals surface area contributed by atoms with Crippen molar-refractivity contribution in [2.75, 3.05) is 4.90 Å². The smallest absolute Gasteiger partial charge is 0.139 e. The van der Waals surface area contributed by atoms with Crippen molar-refractivity contribution in [1.29, 1.82) is 0 Å². The molecular weight excluding hydrogens is 739 g/mol. The molecule has 5 heteroatoms. The van der Waals surface area contributed by atoms with Crippen LogP contribution >= 0.6 is 11.3 Å². The van der Waals surface area contributed by atoms with E-state index in [0.717, 1.165) is 72.7 Å². The lowest BCUT2D eigenvalue weighted by Crippen LogP contribution is -2.16. The first-order valence-corrected chi connectivity index (χ1v) is 21.0. The molecule has 0 spiro atoms. The Morgan fingerprint density at radius 3 is 2.20 bits per heavy atom. The monoisotopic (exact) mass is 773 g/mol. The number of fused-ring (bicyclic) bond motifs is 12. The largest absolute Gasteiger partial charge is 0.456 e. The maximum atomic E-state index is 6.57. The standard InChI is InChI=1S/C54H35N3OS/c1-54(2)43-17-9-6-14-36(43)37-23-20-34(29-44(37)54)56(32-12-4-3-5-13-32)35-21-24-38-42-31-45-52-48(26-27-55-45)58-47-18-10-7-16-40(47)51(52)53(42)57(46(38)30-35)33-22-25-50-41(28-33)39-15-8-11-19-49(39)59-50/h3-31H,1-2H3. The highest BCUT2D eigenvalue weighted by atomic mass is 32.1. The molecule has 1 aliphatic carbocycles. The number of hydrogen-bond donors (Lipinski definition) is 0. The highest BCUT2D eigenvalue weighted by molar-refractivity contribution is 7.25. The van der Waals surface area contributed by atoms with Gasteiger partial charge in [-0.05, 0) is 101 Å². The molecule has 2 aliphatic rings. The van der Waals surface area contributed by atoms with Crippen molar-refractivity contribution in [3.63, 3.8) is 0 Å². The van der Waals surface area contributed by atoms with Gasteiger partial charge in [-0.25, -0.2) is 0 Å². The fourth-order valence-electron chi connectivity index (χ4n) is 10.1. The van der Waals surface area contributed by atoms with Crippen molar-refractivity contribution >= 4 is 81.3 Å². The number of benzene rings is 8. The molecule has 0 radical (unpaired) electrons. The average molecular weight is 774 g/mol. The predicted molar refractivity (Wildman–Crippen MR) is 247 cm³/mol. The lowest BCUT2D eigenvalue weighted by Gasteiger charge is -2.28. The van der Waals surface area contributed by atoms with Gasteiger partial charge in [-0.15, -0.1) is 11.3 Å². The lowest BCUT2D eigenvalue weighted by atomic mass is 9.82. The molecule has 0 saturated heterocycles. The summed E-state index contributed by atoms with van der Waals surface area (Å²) in [5.41, 5.74) is 15.1. The Balaban J connectivity index is 1.13. The molecule has 1 aliphatic heterocycles. The minimum Gasteiger partial charge on any atom is -0.456 e. The molecule has 0 saturated carbocycles. The molecule has 0 fully saturated rings. The van der Waals surface area contributed by atoms with Crippen LogP contribution in [0.3, 0.4) is 0 Å². The summed E-state index contributed by atoms with van der Waals surface area (Å²) in [6, 6.07) is 62.1. The summed E-state index contributed by atoms with van der Waals surface area (Å²) >= 11 is 1.85. The van der Waals surface area contributed by atoms with Gasteiger partial charge in [0.25, 0.3) is 0 Å². The Hall–Kier alpha value is -7.21. The van der Waals surface area contributed by atoms with E-state index in [9.17, 15) is 0 Å². The molecule has 3 aromatic heterocycles. The first kappa shape index (κ1) is 32.8. The van der Waals surface area contributed by atoms with Gasteiger partial charge in [-0.3, -0.25) is 4.98 Å². The minimum absolute atomic E-state index is 0.124. The van der Waals surface area contributed by atoms with Crippen LogP contribution in [0.4, 0.5) is 17.1 Å². The van der Waals surface area contributed by atoms with Crippen molar-refractivity contribution in [3.8, 4) is 39.4 Å². The number of nitrogens with zero attached hydrogens (tertiary/aromatic N) is 3. The molecule has 59 heavy (non-hydrogen) atoms. The van der Waals surface area contributed by atoms with Crippen LogP contribution in [0.25, 0.3) is 80.8 Å². The van der Waals surface area contributed by atoms with Gasteiger partial charge < -0.3 is 14.2 Å². The molecule has 0 atom stereocenters. The molecule has 8 aromatic carbocycles. The Bertz CT molecular complexity index is 3580. The first-order valence-electron chi connectivity index (χ1n) is 20.2. The van der Waals surface area contributed by atoms with Crippen LogP contribution in [-0.2, 0) is 5.41 Å². The minimum atomic E-state index is -0.124. The first-order chi connectivity index (χ1) is 29.0. The maximum absolute atomic E-state index is 6.57. The van der Waals surface area contributed by atoms with Gasteiger partial charge in [-0.2, -0.15) is 0 Å². The third kappa shape index (κ3) is 4.56. The van der Waals surface area contributed by atoms with E-state index < -0.39 is 0 Å². The summed E-state index contributed by atoms with van der Waals surface area (Å²) < 4.78 is 11.7. The van der Waals surface area contributed by atoms with Crippen LogP contribution in [0.2, 0.25) is 0 Å². The van der Waals surface area contributed by atoms with E-state index in [0.29, 0.717) is 0 Å². The second-order valence-corrected chi connectivity index (χ2v) is 17.4. The van der Waals surface area contributed by atoms with E-state index in [4.69, 9.17) is 9.72 Å². The van der Waals surface area contributed by atoms with E-state index in [-0.39, 0.29) is 5.41 Å². The normalized spacial score (nSPS) is 13.5. The Labute approximate surface area is 344 Å². The third-order valence-corrected chi connectivity index (χ3v) is 13.9. The number of thiophene rings is 1. The highest BCUT2D eigenvalue weighted by Gasteiger charge is 2.36. The van der Waals surface area contributed by atoms with Crippen LogP contribution in [0, 0.1) is 0 Å². The summed E-state index contributed by atoms with van der Waals surface area (Å²) in [5, 5.41) is 5.92. The van der Waals surface area contributed by atoms with Gasteiger partial charge in [0, 0.05) is 76.4 Å². The number of aromatic nitrogens is 2. The second-order valence-electron chi connectivity index (χ2n) is 16.3. The van der Waals surface area contributed by atoms with Crippen molar-refractivity contribution < 1.29 is 4.74 Å². The van der Waals surface area contributed by atoms with Gasteiger partial charge in [0.15, 0.2) is 0 Å². The zero-order valence-electron chi connectivity index (χ0n) is 32.4. The number of pyridine rings is 1. The molecular formula is C54H35N3OS. The summed E-state index contributed by atoms with van der Waals surface area (Å²) in [4.78, 5) is 7.37. The zero-order chi connectivity index (χ0) is 39.0. The van der Waals surface area contributed by atoms with Crippen LogP contribution in [0.15, 0.2) is 176 Å². The van der Waals surface area contributed by atoms with E-state index in [1.165, 1.54) is 47.8 Å². The molecule has 13 rings (SSSR count). The number of para-hydroxylation sites is 2. The summed E-state index contributed by atoms with van der Waals surface area (Å²) in [7, 11) is 0. The van der Waals surface area contributed by atoms with Gasteiger partial charge in [0.1, 0.15) is 11.5 Å². The van der Waals surface area contributed by atoms with E-state index in [1.54, 1.807) is 0 Å². The molecule has 0 bridgehead atoms. The fraction of sp³-hybridized carbons (Fsp3) is 0.0556. The summed E-state index contributed by atoms with van der Waals surface area (Å²) in [6.07, 6.45) is 1.86. The van der Waals surface area contributed by atoms with Crippen LogP contribution in [0.1, 0.15) is 25.0 Å². The second kappa shape index (κ2) is 11.9. The lowest BCUT2D eigenvalue weighted by molar-refractivity contribution is 0.486. The van der Waals surface area contributed by atoms with Gasteiger partial charge in [0.2, 0.25) is 0 Å². The predicted octanol–water partition coefficient (Wildman–Crippen LogP) is 15.2. The molecule has 11 aromatic rings.